The molecule has 10 aromatic carbocycles. The van der Waals surface area contributed by atoms with E-state index in [0.29, 0.717) is 5.82 Å². The van der Waals surface area contributed by atoms with Crippen LogP contribution in [0.4, 0.5) is 0 Å². The van der Waals surface area contributed by atoms with E-state index in [1.54, 1.807) is 0 Å². The summed E-state index contributed by atoms with van der Waals surface area (Å²) >= 11 is 0. The van der Waals surface area contributed by atoms with Gasteiger partial charge < -0.3 is 0 Å². The molecule has 11 aromatic rings. The summed E-state index contributed by atoms with van der Waals surface area (Å²) in [5.74, 6) is 0.694. The summed E-state index contributed by atoms with van der Waals surface area (Å²) in [6, 6.07) is 79.1. The van der Waals surface area contributed by atoms with Gasteiger partial charge in [0.2, 0.25) is 0 Å². The fourth-order valence-electron chi connectivity index (χ4n) is 10.3. The highest BCUT2D eigenvalue weighted by Gasteiger charge is 2.38. The van der Waals surface area contributed by atoms with Gasteiger partial charge in [-0.05, 0) is 106 Å². The molecule has 1 aliphatic carbocycles. The molecule has 0 bridgehead atoms. The minimum absolute atomic E-state index is 0.147. The molecule has 1 aliphatic rings. The SMILES string of the molecule is CC1(C)c2cc3ccccc3cc2-c2c(-c3c4ccccc4c(-c4ccccc4-c4cc(-c5ccccc5-c5ccccc5)nc(-c5ccccc5)n4)c4ccccc34)cccc21. The highest BCUT2D eigenvalue weighted by atomic mass is 14.9. The van der Waals surface area contributed by atoms with E-state index in [1.807, 2.05) is 6.07 Å². The van der Waals surface area contributed by atoms with Crippen molar-refractivity contribution in [2.45, 2.75) is 19.3 Å². The summed E-state index contributed by atoms with van der Waals surface area (Å²) in [5, 5.41) is 7.42. The summed E-state index contributed by atoms with van der Waals surface area (Å²) in [7, 11) is 0. The number of benzene rings is 10. The van der Waals surface area contributed by atoms with E-state index in [-0.39, 0.29) is 5.41 Å². The standard InChI is InChI=1S/C61H42N2/c1-61(2)53-35-19-34-51(59(53)52-36-41-24-9-10-25-42(41)37-54(52)61)58-49-32-17-15-30-47(49)57(48-31-16-18-33-50(48)58)46-29-14-13-28-45(46)56-38-55(62-60(63-56)40-22-7-4-8-23-40)44-27-12-11-26-43(44)39-20-5-3-6-21-39/h3-38H,1-2H3. The zero-order valence-electron chi connectivity index (χ0n) is 35.2. The smallest absolute Gasteiger partial charge is 0.160 e. The van der Waals surface area contributed by atoms with Gasteiger partial charge in [-0.25, -0.2) is 9.97 Å². The van der Waals surface area contributed by atoms with Crippen LogP contribution in [-0.4, -0.2) is 9.97 Å². The lowest BCUT2D eigenvalue weighted by Crippen LogP contribution is -2.14. The van der Waals surface area contributed by atoms with Crippen LogP contribution in [0.2, 0.25) is 0 Å². The van der Waals surface area contributed by atoms with E-state index in [2.05, 4.69) is 226 Å². The second-order valence-corrected chi connectivity index (χ2v) is 17.2. The normalized spacial score (nSPS) is 12.7. The van der Waals surface area contributed by atoms with Crippen molar-refractivity contribution < 1.29 is 0 Å². The Morgan fingerprint density at radius 2 is 0.746 bits per heavy atom. The van der Waals surface area contributed by atoms with Gasteiger partial charge in [-0.1, -0.05) is 214 Å². The molecule has 0 saturated heterocycles. The third kappa shape index (κ3) is 5.94. The minimum Gasteiger partial charge on any atom is -0.228 e. The Hall–Kier alpha value is -7.94. The lowest BCUT2D eigenvalue weighted by atomic mass is 9.80. The molecule has 0 aliphatic heterocycles. The van der Waals surface area contributed by atoms with Crippen LogP contribution in [-0.2, 0) is 5.41 Å². The van der Waals surface area contributed by atoms with Crippen molar-refractivity contribution in [1.82, 2.24) is 9.97 Å². The molecule has 2 nitrogen and oxygen atoms in total. The van der Waals surface area contributed by atoms with Gasteiger partial charge in [-0.15, -0.1) is 0 Å². The summed E-state index contributed by atoms with van der Waals surface area (Å²) in [6.07, 6.45) is 0. The van der Waals surface area contributed by atoms with Crippen LogP contribution in [0.1, 0.15) is 25.0 Å². The van der Waals surface area contributed by atoms with Crippen LogP contribution in [0.5, 0.6) is 0 Å². The van der Waals surface area contributed by atoms with Crippen LogP contribution in [0.25, 0.3) is 111 Å². The van der Waals surface area contributed by atoms with Crippen LogP contribution < -0.4 is 0 Å². The number of fused-ring (bicyclic) bond motifs is 6. The Bertz CT molecular complexity index is 3530. The molecule has 0 unspecified atom stereocenters. The van der Waals surface area contributed by atoms with Gasteiger partial charge in [0.05, 0.1) is 11.4 Å². The Labute approximate surface area is 367 Å². The molecule has 0 atom stereocenters. The van der Waals surface area contributed by atoms with Gasteiger partial charge in [0.1, 0.15) is 0 Å². The number of hydrogen-bond donors (Lipinski definition) is 0. The number of aromatic nitrogens is 2. The first-order chi connectivity index (χ1) is 31.0. The van der Waals surface area contributed by atoms with E-state index in [0.717, 1.165) is 44.8 Å². The van der Waals surface area contributed by atoms with Gasteiger partial charge in [0.25, 0.3) is 0 Å². The fraction of sp³-hybridized carbons (Fsp3) is 0.0492. The second-order valence-electron chi connectivity index (χ2n) is 17.2. The molecule has 0 spiro atoms. The molecule has 0 saturated carbocycles. The maximum absolute atomic E-state index is 5.40. The topological polar surface area (TPSA) is 25.8 Å². The largest absolute Gasteiger partial charge is 0.228 e. The second kappa shape index (κ2) is 14.6. The molecule has 63 heavy (non-hydrogen) atoms. The maximum atomic E-state index is 5.40. The summed E-state index contributed by atoms with van der Waals surface area (Å²) in [6.45, 7) is 4.77. The molecule has 1 heterocycles. The average Bonchev–Trinajstić information content (AvgIpc) is 3.57. The molecule has 0 N–H and O–H groups in total. The van der Waals surface area contributed by atoms with Crippen molar-refractivity contribution in [2.75, 3.05) is 0 Å². The Kier molecular flexibility index (Phi) is 8.55. The third-order valence-corrected chi connectivity index (χ3v) is 13.3. The van der Waals surface area contributed by atoms with E-state index in [4.69, 9.17) is 9.97 Å². The average molecular weight is 803 g/mol. The Balaban J connectivity index is 1.12. The van der Waals surface area contributed by atoms with Crippen molar-refractivity contribution in [1.29, 1.82) is 0 Å². The molecule has 0 amide bonds. The number of hydrogen-bond acceptors (Lipinski definition) is 2. The maximum Gasteiger partial charge on any atom is 0.160 e. The van der Waals surface area contributed by atoms with Crippen molar-refractivity contribution in [2.24, 2.45) is 0 Å². The first-order valence-corrected chi connectivity index (χ1v) is 21.8. The number of rotatable bonds is 6. The molecule has 2 heteroatoms. The van der Waals surface area contributed by atoms with Crippen LogP contribution in [0.3, 0.4) is 0 Å². The van der Waals surface area contributed by atoms with Crippen LogP contribution in [0.15, 0.2) is 218 Å². The lowest BCUT2D eigenvalue weighted by Gasteiger charge is -2.23. The summed E-state index contributed by atoms with van der Waals surface area (Å²) in [5.41, 5.74) is 17.3. The quantitative estimate of drug-likeness (QED) is 0.157. The zero-order valence-corrected chi connectivity index (χ0v) is 35.2. The lowest BCUT2D eigenvalue weighted by molar-refractivity contribution is 0.661. The van der Waals surface area contributed by atoms with Gasteiger partial charge in [-0.2, -0.15) is 0 Å². The van der Waals surface area contributed by atoms with Gasteiger partial charge in [0.15, 0.2) is 5.82 Å². The number of nitrogens with zero attached hydrogens (tertiary/aromatic N) is 2. The van der Waals surface area contributed by atoms with Crippen molar-refractivity contribution in [3.05, 3.63) is 230 Å². The Morgan fingerprint density at radius 3 is 1.35 bits per heavy atom. The van der Waals surface area contributed by atoms with Crippen molar-refractivity contribution >= 4 is 32.3 Å². The van der Waals surface area contributed by atoms with Crippen molar-refractivity contribution in [3.8, 4) is 78.4 Å². The highest BCUT2D eigenvalue weighted by molar-refractivity contribution is 6.23. The van der Waals surface area contributed by atoms with Gasteiger partial charge in [0, 0.05) is 22.1 Å². The van der Waals surface area contributed by atoms with Crippen LogP contribution >= 0.6 is 0 Å². The predicted molar refractivity (Wildman–Crippen MR) is 265 cm³/mol. The Morgan fingerprint density at radius 1 is 0.302 bits per heavy atom. The molecule has 0 radical (unpaired) electrons. The van der Waals surface area contributed by atoms with Crippen LogP contribution in [0, 0.1) is 0 Å². The van der Waals surface area contributed by atoms with E-state index in [1.165, 1.54) is 71.3 Å². The molecule has 12 rings (SSSR count). The highest BCUT2D eigenvalue weighted by Crippen LogP contribution is 2.55. The monoisotopic (exact) mass is 802 g/mol. The molecule has 296 valence electrons. The minimum atomic E-state index is -0.147. The first kappa shape index (κ1) is 36.9. The van der Waals surface area contributed by atoms with E-state index < -0.39 is 0 Å². The third-order valence-electron chi connectivity index (χ3n) is 13.3. The molecular weight excluding hydrogens is 761 g/mol. The first-order valence-electron chi connectivity index (χ1n) is 21.8. The molecular formula is C61H42N2. The van der Waals surface area contributed by atoms with Gasteiger partial charge in [-0.3, -0.25) is 0 Å². The molecule has 1 aromatic heterocycles. The van der Waals surface area contributed by atoms with Gasteiger partial charge >= 0.3 is 0 Å². The predicted octanol–water partition coefficient (Wildman–Crippen LogP) is 16.2. The van der Waals surface area contributed by atoms with E-state index in [9.17, 15) is 0 Å². The summed E-state index contributed by atoms with van der Waals surface area (Å²) < 4.78 is 0. The molecule has 0 fully saturated rings. The van der Waals surface area contributed by atoms with E-state index >= 15 is 0 Å². The van der Waals surface area contributed by atoms with Crippen molar-refractivity contribution in [3.63, 3.8) is 0 Å². The zero-order chi connectivity index (χ0) is 42.1. The summed E-state index contributed by atoms with van der Waals surface area (Å²) in [4.78, 5) is 10.7. The fourth-order valence-corrected chi connectivity index (χ4v) is 10.3.